The van der Waals surface area contributed by atoms with Gasteiger partial charge < -0.3 is 9.84 Å². The molecule has 2 aromatic rings. The number of methoxy groups -OCH3 is 1. The van der Waals surface area contributed by atoms with Gasteiger partial charge in [-0.15, -0.1) is 0 Å². The minimum absolute atomic E-state index is 0.0458. The molecule has 0 radical (unpaired) electrons. The maximum atomic E-state index is 10.6. The standard InChI is InChI=1S/C20H20O2/c1-22-18-12-10-15(11-13-18)14-17-8-5-9-19(17)20(21)16-6-3-2-4-7-16/h2-7,9-14,19-21H,8H2,1H3/b17-14+/t19-,20+/m0/s1. The van der Waals surface area contributed by atoms with Crippen molar-refractivity contribution in [2.45, 2.75) is 12.5 Å². The molecule has 2 nitrogen and oxygen atoms in total. The Labute approximate surface area is 131 Å². The molecule has 2 atom stereocenters. The lowest BCUT2D eigenvalue weighted by molar-refractivity contribution is 0.148. The van der Waals surface area contributed by atoms with Crippen molar-refractivity contribution in [1.82, 2.24) is 0 Å². The molecule has 0 aliphatic heterocycles. The molecule has 0 bridgehead atoms. The lowest BCUT2D eigenvalue weighted by atomic mass is 9.90. The fourth-order valence-electron chi connectivity index (χ4n) is 2.85. The molecule has 0 unspecified atom stereocenters. The highest BCUT2D eigenvalue weighted by Gasteiger charge is 2.24. The Hall–Kier alpha value is -2.32. The largest absolute Gasteiger partial charge is 0.497 e. The first kappa shape index (κ1) is 14.6. The number of allylic oxidation sites excluding steroid dienone is 1. The molecule has 0 amide bonds. The second-order valence-corrected chi connectivity index (χ2v) is 5.51. The van der Waals surface area contributed by atoms with Gasteiger partial charge in [-0.25, -0.2) is 0 Å². The summed E-state index contributed by atoms with van der Waals surface area (Å²) >= 11 is 0. The molecular weight excluding hydrogens is 272 g/mol. The van der Waals surface area contributed by atoms with Gasteiger partial charge in [-0.1, -0.05) is 66.3 Å². The van der Waals surface area contributed by atoms with E-state index in [1.165, 1.54) is 5.57 Å². The van der Waals surface area contributed by atoms with E-state index in [2.05, 4.69) is 18.2 Å². The average Bonchev–Trinajstić information content (AvgIpc) is 3.04. The number of aliphatic hydroxyl groups is 1. The van der Waals surface area contributed by atoms with Crippen LogP contribution < -0.4 is 4.74 Å². The minimum Gasteiger partial charge on any atom is -0.497 e. The summed E-state index contributed by atoms with van der Waals surface area (Å²) in [6.45, 7) is 0. The predicted octanol–water partition coefficient (Wildman–Crippen LogP) is 4.39. The molecule has 0 fully saturated rings. The summed E-state index contributed by atoms with van der Waals surface area (Å²) in [6.07, 6.45) is 6.79. The van der Waals surface area contributed by atoms with Gasteiger partial charge in [0.1, 0.15) is 5.75 Å². The Morgan fingerprint density at radius 3 is 2.50 bits per heavy atom. The lowest BCUT2D eigenvalue weighted by Crippen LogP contribution is -2.10. The van der Waals surface area contributed by atoms with Crippen LogP contribution in [-0.2, 0) is 0 Å². The zero-order chi connectivity index (χ0) is 15.4. The summed E-state index contributed by atoms with van der Waals surface area (Å²) in [4.78, 5) is 0. The summed E-state index contributed by atoms with van der Waals surface area (Å²) in [5.74, 6) is 0.900. The quantitative estimate of drug-likeness (QED) is 0.847. The van der Waals surface area contributed by atoms with E-state index in [0.29, 0.717) is 0 Å². The minimum atomic E-state index is -0.496. The van der Waals surface area contributed by atoms with Crippen LogP contribution >= 0.6 is 0 Å². The highest BCUT2D eigenvalue weighted by atomic mass is 16.5. The Balaban J connectivity index is 1.82. The van der Waals surface area contributed by atoms with Gasteiger partial charge in [-0.2, -0.15) is 0 Å². The second kappa shape index (κ2) is 6.63. The number of ether oxygens (including phenoxy) is 1. The third kappa shape index (κ3) is 3.12. The van der Waals surface area contributed by atoms with Crippen LogP contribution in [0.3, 0.4) is 0 Å². The van der Waals surface area contributed by atoms with E-state index in [4.69, 9.17) is 4.74 Å². The van der Waals surface area contributed by atoms with Crippen LogP contribution in [0.15, 0.2) is 72.3 Å². The predicted molar refractivity (Wildman–Crippen MR) is 89.6 cm³/mol. The Morgan fingerprint density at radius 1 is 1.09 bits per heavy atom. The van der Waals surface area contributed by atoms with Crippen LogP contribution in [-0.4, -0.2) is 12.2 Å². The Bertz CT molecular complexity index is 669. The number of rotatable bonds is 4. The maximum absolute atomic E-state index is 10.6. The van der Waals surface area contributed by atoms with Gasteiger partial charge in [0.2, 0.25) is 0 Å². The summed E-state index contributed by atoms with van der Waals surface area (Å²) in [7, 11) is 1.67. The van der Waals surface area contributed by atoms with Crippen LogP contribution in [0, 0.1) is 5.92 Å². The molecule has 0 spiro atoms. The van der Waals surface area contributed by atoms with Crippen LogP contribution in [0.5, 0.6) is 5.75 Å². The lowest BCUT2D eigenvalue weighted by Gasteiger charge is -2.19. The van der Waals surface area contributed by atoms with Crippen molar-refractivity contribution in [1.29, 1.82) is 0 Å². The SMILES string of the molecule is COc1ccc(/C=C2\CC=C[C@@H]2[C@H](O)c2ccccc2)cc1. The van der Waals surface area contributed by atoms with E-state index in [0.717, 1.165) is 23.3 Å². The van der Waals surface area contributed by atoms with Gasteiger partial charge >= 0.3 is 0 Å². The molecule has 22 heavy (non-hydrogen) atoms. The van der Waals surface area contributed by atoms with E-state index < -0.39 is 6.10 Å². The molecular formula is C20H20O2. The van der Waals surface area contributed by atoms with Crippen molar-refractivity contribution in [2.24, 2.45) is 5.92 Å². The van der Waals surface area contributed by atoms with Crippen molar-refractivity contribution in [3.8, 4) is 5.75 Å². The normalized spacial score (nSPS) is 20.3. The molecule has 0 saturated carbocycles. The summed E-state index contributed by atoms with van der Waals surface area (Å²) < 4.78 is 5.18. The molecule has 112 valence electrons. The molecule has 0 saturated heterocycles. The van der Waals surface area contributed by atoms with E-state index in [-0.39, 0.29) is 5.92 Å². The topological polar surface area (TPSA) is 29.5 Å². The first-order chi connectivity index (χ1) is 10.8. The van der Waals surface area contributed by atoms with Crippen molar-refractivity contribution < 1.29 is 9.84 Å². The second-order valence-electron chi connectivity index (χ2n) is 5.51. The van der Waals surface area contributed by atoms with E-state index >= 15 is 0 Å². The molecule has 1 aliphatic carbocycles. The van der Waals surface area contributed by atoms with Crippen molar-refractivity contribution in [3.05, 3.63) is 83.4 Å². The molecule has 0 aromatic heterocycles. The molecule has 2 aromatic carbocycles. The highest BCUT2D eigenvalue weighted by Crippen LogP contribution is 2.36. The number of benzene rings is 2. The number of aliphatic hydroxyl groups excluding tert-OH is 1. The zero-order valence-corrected chi connectivity index (χ0v) is 12.6. The summed E-state index contributed by atoms with van der Waals surface area (Å²) in [5, 5.41) is 10.6. The van der Waals surface area contributed by atoms with Gasteiger partial charge in [-0.05, 0) is 29.7 Å². The van der Waals surface area contributed by atoms with Gasteiger partial charge in [0.05, 0.1) is 13.2 Å². The third-order valence-corrected chi connectivity index (χ3v) is 4.07. The van der Waals surface area contributed by atoms with Crippen LogP contribution in [0.4, 0.5) is 0 Å². The smallest absolute Gasteiger partial charge is 0.118 e. The summed E-state index contributed by atoms with van der Waals surface area (Å²) in [6, 6.07) is 17.8. The monoisotopic (exact) mass is 292 g/mol. The Kier molecular flexibility index (Phi) is 4.40. The molecule has 2 heteroatoms. The molecule has 0 heterocycles. The van der Waals surface area contributed by atoms with Crippen LogP contribution in [0.25, 0.3) is 6.08 Å². The highest BCUT2D eigenvalue weighted by molar-refractivity contribution is 5.57. The first-order valence-electron chi connectivity index (χ1n) is 7.52. The number of hydrogen-bond donors (Lipinski definition) is 1. The van der Waals surface area contributed by atoms with Crippen molar-refractivity contribution in [3.63, 3.8) is 0 Å². The van der Waals surface area contributed by atoms with Crippen LogP contribution in [0.1, 0.15) is 23.7 Å². The third-order valence-electron chi connectivity index (χ3n) is 4.07. The van der Waals surface area contributed by atoms with Gasteiger partial charge in [0, 0.05) is 5.92 Å². The van der Waals surface area contributed by atoms with Gasteiger partial charge in [-0.3, -0.25) is 0 Å². The average molecular weight is 292 g/mol. The maximum Gasteiger partial charge on any atom is 0.118 e. The first-order valence-corrected chi connectivity index (χ1v) is 7.52. The van der Waals surface area contributed by atoms with Crippen molar-refractivity contribution in [2.75, 3.05) is 7.11 Å². The van der Waals surface area contributed by atoms with Crippen molar-refractivity contribution >= 4 is 6.08 Å². The van der Waals surface area contributed by atoms with E-state index in [1.54, 1.807) is 7.11 Å². The van der Waals surface area contributed by atoms with E-state index in [9.17, 15) is 5.11 Å². The zero-order valence-electron chi connectivity index (χ0n) is 12.6. The van der Waals surface area contributed by atoms with Gasteiger partial charge in [0.15, 0.2) is 0 Å². The molecule has 1 aliphatic rings. The fraction of sp³-hybridized carbons (Fsp3) is 0.200. The molecule has 1 N–H and O–H groups in total. The summed E-state index contributed by atoms with van der Waals surface area (Å²) in [5.41, 5.74) is 3.32. The Morgan fingerprint density at radius 2 is 1.82 bits per heavy atom. The fourth-order valence-corrected chi connectivity index (χ4v) is 2.85. The number of hydrogen-bond acceptors (Lipinski definition) is 2. The van der Waals surface area contributed by atoms with Gasteiger partial charge in [0.25, 0.3) is 0 Å². The van der Waals surface area contributed by atoms with E-state index in [1.807, 2.05) is 54.6 Å². The van der Waals surface area contributed by atoms with Crippen LogP contribution in [0.2, 0.25) is 0 Å². The molecule has 3 rings (SSSR count).